The predicted octanol–water partition coefficient (Wildman–Crippen LogP) is 0.442. The lowest BCUT2D eigenvalue weighted by atomic mass is 10.3. The summed E-state index contributed by atoms with van der Waals surface area (Å²) in [4.78, 5) is 11.1. The minimum atomic E-state index is -0.0224. The van der Waals surface area contributed by atoms with E-state index < -0.39 is 0 Å². The van der Waals surface area contributed by atoms with Crippen LogP contribution in [0.3, 0.4) is 0 Å². The lowest BCUT2D eigenvalue weighted by Crippen LogP contribution is -2.12. The van der Waals surface area contributed by atoms with Gasteiger partial charge in [0.2, 0.25) is 0 Å². The van der Waals surface area contributed by atoms with Crippen LogP contribution < -0.4 is 0 Å². The highest BCUT2D eigenvalue weighted by Gasteiger charge is 2.58. The van der Waals surface area contributed by atoms with E-state index in [4.69, 9.17) is 9.47 Å². The quantitative estimate of drug-likeness (QED) is 0.544. The molecule has 1 saturated heterocycles. The monoisotopic (exact) mass is 156 g/mol. The summed E-state index contributed by atoms with van der Waals surface area (Å²) in [6.07, 6.45) is 0. The Kier molecular flexibility index (Phi) is 1.60. The minimum absolute atomic E-state index is 0.0224. The summed E-state index contributed by atoms with van der Waals surface area (Å²) in [5.41, 5.74) is 0. The summed E-state index contributed by atoms with van der Waals surface area (Å²) in [7, 11) is 0. The molecule has 3 heteroatoms. The third kappa shape index (κ3) is 1.03. The van der Waals surface area contributed by atoms with Crippen LogP contribution in [0.4, 0.5) is 0 Å². The van der Waals surface area contributed by atoms with Gasteiger partial charge in [-0.25, -0.2) is 0 Å². The minimum Gasteiger partial charge on any atom is -0.466 e. The molecule has 1 aliphatic carbocycles. The zero-order valence-corrected chi connectivity index (χ0v) is 6.58. The molecule has 0 spiro atoms. The zero-order valence-electron chi connectivity index (χ0n) is 6.58. The Balaban J connectivity index is 1.85. The first-order valence-corrected chi connectivity index (χ1v) is 4.09. The Hall–Kier alpha value is -0.570. The molecule has 2 rings (SSSR count). The van der Waals surface area contributed by atoms with Crippen molar-refractivity contribution >= 4 is 5.97 Å². The van der Waals surface area contributed by atoms with E-state index in [-0.39, 0.29) is 11.9 Å². The Labute approximate surface area is 65.7 Å². The summed E-state index contributed by atoms with van der Waals surface area (Å²) in [5, 5.41) is 0. The highest BCUT2D eigenvalue weighted by molar-refractivity contribution is 5.76. The van der Waals surface area contributed by atoms with Crippen molar-refractivity contribution in [1.82, 2.24) is 0 Å². The van der Waals surface area contributed by atoms with Crippen LogP contribution in [0.1, 0.15) is 6.92 Å². The molecule has 0 radical (unpaired) electrons. The average molecular weight is 156 g/mol. The van der Waals surface area contributed by atoms with Gasteiger partial charge in [-0.1, -0.05) is 0 Å². The molecule has 0 bridgehead atoms. The number of hydrogen-bond acceptors (Lipinski definition) is 3. The first-order valence-electron chi connectivity index (χ1n) is 4.09. The standard InChI is InChI=1S/C8H12O3/c1-2-11-8(9)7-5-3-10-4-6(5)7/h5-7H,2-4H2,1H3/t5-,6-/m1/s1. The number of carbonyl (C=O) groups excluding carboxylic acids is 1. The smallest absolute Gasteiger partial charge is 0.309 e. The molecule has 1 aliphatic heterocycles. The van der Waals surface area contributed by atoms with Gasteiger partial charge in [0.1, 0.15) is 0 Å². The third-order valence-electron chi connectivity index (χ3n) is 2.51. The molecular formula is C8H12O3. The normalized spacial score (nSPS) is 39.9. The molecule has 0 N–H and O–H groups in total. The van der Waals surface area contributed by atoms with Crippen LogP contribution in [0, 0.1) is 17.8 Å². The molecule has 0 amide bonds. The van der Waals surface area contributed by atoms with Crippen molar-refractivity contribution in [2.45, 2.75) is 6.92 Å². The number of rotatable bonds is 2. The fourth-order valence-electron chi connectivity index (χ4n) is 1.83. The van der Waals surface area contributed by atoms with Gasteiger partial charge in [-0.15, -0.1) is 0 Å². The van der Waals surface area contributed by atoms with Gasteiger partial charge in [0.25, 0.3) is 0 Å². The molecule has 3 nitrogen and oxygen atoms in total. The molecule has 2 fully saturated rings. The maximum Gasteiger partial charge on any atom is 0.309 e. The Morgan fingerprint density at radius 1 is 1.55 bits per heavy atom. The van der Waals surface area contributed by atoms with Crippen molar-refractivity contribution in [1.29, 1.82) is 0 Å². The number of carbonyl (C=O) groups is 1. The van der Waals surface area contributed by atoms with Crippen molar-refractivity contribution < 1.29 is 14.3 Å². The van der Waals surface area contributed by atoms with E-state index >= 15 is 0 Å². The van der Waals surface area contributed by atoms with Crippen LogP contribution in [0.15, 0.2) is 0 Å². The summed E-state index contributed by atoms with van der Waals surface area (Å²) >= 11 is 0. The summed E-state index contributed by atoms with van der Waals surface area (Å²) < 4.78 is 10.1. The van der Waals surface area contributed by atoms with E-state index in [2.05, 4.69) is 0 Å². The highest BCUT2D eigenvalue weighted by Crippen LogP contribution is 2.51. The molecule has 0 unspecified atom stereocenters. The Morgan fingerprint density at radius 2 is 2.18 bits per heavy atom. The van der Waals surface area contributed by atoms with Crippen LogP contribution >= 0.6 is 0 Å². The first-order chi connectivity index (χ1) is 5.34. The fraction of sp³-hybridized carbons (Fsp3) is 0.875. The second-order valence-corrected chi connectivity index (χ2v) is 3.14. The largest absolute Gasteiger partial charge is 0.466 e. The summed E-state index contributed by atoms with van der Waals surface area (Å²) in [5.74, 6) is 1.11. The van der Waals surface area contributed by atoms with Crippen LogP contribution in [0.25, 0.3) is 0 Å². The van der Waals surface area contributed by atoms with E-state index in [9.17, 15) is 4.79 Å². The molecule has 62 valence electrons. The van der Waals surface area contributed by atoms with Gasteiger partial charge in [-0.05, 0) is 6.92 Å². The average Bonchev–Trinajstić information content (AvgIpc) is 2.47. The molecule has 2 atom stereocenters. The maximum atomic E-state index is 11.1. The fourth-order valence-corrected chi connectivity index (χ4v) is 1.83. The van der Waals surface area contributed by atoms with Crippen molar-refractivity contribution in [2.24, 2.45) is 17.8 Å². The number of ether oxygens (including phenoxy) is 2. The van der Waals surface area contributed by atoms with E-state index in [1.54, 1.807) is 0 Å². The van der Waals surface area contributed by atoms with Crippen LogP contribution in [0.2, 0.25) is 0 Å². The third-order valence-corrected chi connectivity index (χ3v) is 2.51. The Bertz CT molecular complexity index is 168. The molecule has 1 saturated carbocycles. The van der Waals surface area contributed by atoms with Gasteiger partial charge in [-0.3, -0.25) is 4.79 Å². The molecule has 0 aromatic heterocycles. The molecule has 2 aliphatic rings. The van der Waals surface area contributed by atoms with E-state index in [0.29, 0.717) is 18.4 Å². The van der Waals surface area contributed by atoms with Gasteiger partial charge >= 0.3 is 5.97 Å². The van der Waals surface area contributed by atoms with Gasteiger partial charge < -0.3 is 9.47 Å². The van der Waals surface area contributed by atoms with Gasteiger partial charge in [0.05, 0.1) is 25.7 Å². The number of hydrogen-bond donors (Lipinski definition) is 0. The van der Waals surface area contributed by atoms with Crippen LogP contribution in [0.5, 0.6) is 0 Å². The van der Waals surface area contributed by atoms with Gasteiger partial charge in [-0.2, -0.15) is 0 Å². The summed E-state index contributed by atoms with van der Waals surface area (Å²) in [6, 6.07) is 0. The van der Waals surface area contributed by atoms with Crippen molar-refractivity contribution in [3.63, 3.8) is 0 Å². The highest BCUT2D eigenvalue weighted by atomic mass is 16.5. The molecule has 11 heavy (non-hydrogen) atoms. The van der Waals surface area contributed by atoms with Crippen LogP contribution in [-0.2, 0) is 14.3 Å². The van der Waals surface area contributed by atoms with E-state index in [1.807, 2.05) is 6.92 Å². The lowest BCUT2D eigenvalue weighted by Gasteiger charge is -2.02. The summed E-state index contributed by atoms with van der Waals surface area (Å²) in [6.45, 7) is 3.85. The number of fused-ring (bicyclic) bond motifs is 1. The number of esters is 1. The van der Waals surface area contributed by atoms with Gasteiger partial charge in [0, 0.05) is 11.8 Å². The Morgan fingerprint density at radius 3 is 2.73 bits per heavy atom. The second-order valence-electron chi connectivity index (χ2n) is 3.14. The lowest BCUT2D eigenvalue weighted by molar-refractivity contribution is -0.146. The topological polar surface area (TPSA) is 35.5 Å². The SMILES string of the molecule is CCOC(=O)C1[C@@H]2COC[C@@H]12. The first kappa shape index (κ1) is 7.10. The zero-order chi connectivity index (χ0) is 7.84. The van der Waals surface area contributed by atoms with E-state index in [1.165, 1.54) is 0 Å². The molecule has 0 aromatic carbocycles. The molecule has 1 heterocycles. The van der Waals surface area contributed by atoms with Crippen molar-refractivity contribution in [2.75, 3.05) is 19.8 Å². The second kappa shape index (κ2) is 2.48. The van der Waals surface area contributed by atoms with Crippen molar-refractivity contribution in [3.05, 3.63) is 0 Å². The molecule has 0 aromatic rings. The van der Waals surface area contributed by atoms with Crippen molar-refractivity contribution in [3.8, 4) is 0 Å². The predicted molar refractivity (Wildman–Crippen MR) is 37.9 cm³/mol. The van der Waals surface area contributed by atoms with Gasteiger partial charge in [0.15, 0.2) is 0 Å². The van der Waals surface area contributed by atoms with Crippen LogP contribution in [-0.4, -0.2) is 25.8 Å². The maximum absolute atomic E-state index is 11.1. The van der Waals surface area contributed by atoms with E-state index in [0.717, 1.165) is 13.2 Å². The molecular weight excluding hydrogens is 144 g/mol.